The second kappa shape index (κ2) is 6.01. The molecule has 0 aromatic heterocycles. The number of carbonyl (C=O) groups is 1. The predicted molar refractivity (Wildman–Crippen MR) is 67.7 cm³/mol. The summed E-state index contributed by atoms with van der Waals surface area (Å²) < 4.78 is 10.6. The maximum absolute atomic E-state index is 12.0. The first-order valence-corrected chi connectivity index (χ1v) is 6.00. The van der Waals surface area contributed by atoms with Gasteiger partial charge < -0.3 is 9.47 Å². The van der Waals surface area contributed by atoms with Crippen LogP contribution in [0.15, 0.2) is 23.8 Å². The van der Waals surface area contributed by atoms with Gasteiger partial charge in [0.2, 0.25) is 0 Å². The highest BCUT2D eigenvalue weighted by atomic mass is 16.6. The van der Waals surface area contributed by atoms with Crippen molar-refractivity contribution in [2.75, 3.05) is 13.7 Å². The van der Waals surface area contributed by atoms with Crippen LogP contribution in [0.4, 0.5) is 0 Å². The highest BCUT2D eigenvalue weighted by molar-refractivity contribution is 5.89. The molecule has 0 bridgehead atoms. The Morgan fingerprint density at radius 3 is 2.65 bits per heavy atom. The maximum Gasteiger partial charge on any atom is 0.334 e. The van der Waals surface area contributed by atoms with E-state index in [0.717, 1.165) is 18.4 Å². The minimum absolute atomic E-state index is 0.114. The number of allylic oxidation sites excluding steroid dienone is 3. The van der Waals surface area contributed by atoms with Crippen LogP contribution in [0.3, 0.4) is 0 Å². The minimum Gasteiger partial charge on any atom is -0.456 e. The lowest BCUT2D eigenvalue weighted by Gasteiger charge is -2.30. The molecular weight excluding hydrogens is 216 g/mol. The number of ether oxygens (including phenoxy) is 2. The second-order valence-electron chi connectivity index (χ2n) is 5.37. The molecule has 3 heteroatoms. The number of methoxy groups -OCH3 is 1. The first kappa shape index (κ1) is 14.0. The van der Waals surface area contributed by atoms with Crippen LogP contribution in [0.1, 0.15) is 33.6 Å². The Balaban J connectivity index is 2.64. The van der Waals surface area contributed by atoms with E-state index in [1.807, 2.05) is 39.0 Å². The fourth-order valence-electron chi connectivity index (χ4n) is 1.59. The van der Waals surface area contributed by atoms with E-state index < -0.39 is 0 Å². The quantitative estimate of drug-likeness (QED) is 0.706. The van der Waals surface area contributed by atoms with Crippen molar-refractivity contribution in [1.29, 1.82) is 0 Å². The molecule has 0 saturated heterocycles. The van der Waals surface area contributed by atoms with Gasteiger partial charge in [0.15, 0.2) is 0 Å². The van der Waals surface area contributed by atoms with E-state index in [1.54, 1.807) is 7.11 Å². The van der Waals surface area contributed by atoms with Gasteiger partial charge in [0.1, 0.15) is 6.10 Å². The van der Waals surface area contributed by atoms with Crippen molar-refractivity contribution in [2.45, 2.75) is 39.7 Å². The number of hydrogen-bond donors (Lipinski definition) is 0. The molecule has 3 nitrogen and oxygen atoms in total. The third-order valence-corrected chi connectivity index (χ3v) is 2.81. The molecule has 17 heavy (non-hydrogen) atoms. The monoisotopic (exact) mass is 238 g/mol. The van der Waals surface area contributed by atoms with E-state index in [-0.39, 0.29) is 17.5 Å². The third kappa shape index (κ3) is 4.35. The average molecular weight is 238 g/mol. The van der Waals surface area contributed by atoms with Crippen LogP contribution in [0, 0.1) is 5.41 Å². The van der Waals surface area contributed by atoms with Gasteiger partial charge in [-0.1, -0.05) is 39.0 Å². The van der Waals surface area contributed by atoms with Gasteiger partial charge in [-0.2, -0.15) is 0 Å². The first-order valence-electron chi connectivity index (χ1n) is 6.00. The lowest BCUT2D eigenvalue weighted by molar-refractivity contribution is -0.154. The van der Waals surface area contributed by atoms with Crippen molar-refractivity contribution in [1.82, 2.24) is 0 Å². The van der Waals surface area contributed by atoms with E-state index >= 15 is 0 Å². The zero-order valence-electron chi connectivity index (χ0n) is 11.2. The number of hydrogen-bond acceptors (Lipinski definition) is 3. The molecule has 0 aromatic carbocycles. The van der Waals surface area contributed by atoms with Gasteiger partial charge in [0, 0.05) is 18.1 Å². The van der Waals surface area contributed by atoms with Crippen LogP contribution < -0.4 is 0 Å². The van der Waals surface area contributed by atoms with Gasteiger partial charge in [-0.15, -0.1) is 0 Å². The fourth-order valence-corrected chi connectivity index (χ4v) is 1.59. The van der Waals surface area contributed by atoms with Crippen LogP contribution in [-0.2, 0) is 14.3 Å². The Morgan fingerprint density at radius 1 is 1.47 bits per heavy atom. The van der Waals surface area contributed by atoms with Crippen LogP contribution in [0.5, 0.6) is 0 Å². The molecule has 0 aromatic rings. The summed E-state index contributed by atoms with van der Waals surface area (Å²) in [6, 6.07) is 0. The summed E-state index contributed by atoms with van der Waals surface area (Å²) in [6.07, 6.45) is 7.24. The Kier molecular flexibility index (Phi) is 4.94. The predicted octanol–water partition coefficient (Wildman–Crippen LogP) is 2.87. The highest BCUT2D eigenvalue weighted by Gasteiger charge is 2.29. The summed E-state index contributed by atoms with van der Waals surface area (Å²) in [4.78, 5) is 12.0. The van der Waals surface area contributed by atoms with Gasteiger partial charge in [-0.3, -0.25) is 0 Å². The Morgan fingerprint density at radius 2 is 2.18 bits per heavy atom. The minimum atomic E-state index is -0.216. The molecule has 0 aliphatic heterocycles. The van der Waals surface area contributed by atoms with E-state index in [4.69, 9.17) is 9.47 Å². The average Bonchev–Trinajstić information content (AvgIpc) is 2.28. The Bertz CT molecular complexity index is 321. The molecule has 96 valence electrons. The lowest BCUT2D eigenvalue weighted by Crippen LogP contribution is -2.36. The largest absolute Gasteiger partial charge is 0.456 e. The zero-order chi connectivity index (χ0) is 12.9. The highest BCUT2D eigenvalue weighted by Crippen LogP contribution is 2.24. The molecule has 1 aliphatic rings. The van der Waals surface area contributed by atoms with Crippen molar-refractivity contribution < 1.29 is 14.3 Å². The second-order valence-corrected chi connectivity index (χ2v) is 5.37. The molecule has 1 atom stereocenters. The smallest absolute Gasteiger partial charge is 0.334 e. The van der Waals surface area contributed by atoms with Gasteiger partial charge in [0.05, 0.1) is 6.61 Å². The normalized spacial score (nSPS) is 17.5. The molecule has 0 saturated carbocycles. The third-order valence-electron chi connectivity index (χ3n) is 2.81. The van der Waals surface area contributed by atoms with Crippen molar-refractivity contribution in [2.24, 2.45) is 5.41 Å². The summed E-state index contributed by atoms with van der Waals surface area (Å²) in [5.41, 5.74) is 0.634. The Hall–Kier alpha value is -1.09. The molecule has 0 amide bonds. The molecule has 0 fully saturated rings. The van der Waals surface area contributed by atoms with Gasteiger partial charge in [-0.05, 0) is 12.8 Å². The lowest BCUT2D eigenvalue weighted by atomic mass is 9.89. The SMILES string of the molecule is COCC(OC(=O)C1=CC=CCC1)C(C)(C)C. The molecule has 1 aliphatic carbocycles. The summed E-state index contributed by atoms with van der Waals surface area (Å²) in [5, 5.41) is 0. The van der Waals surface area contributed by atoms with Crippen LogP contribution in [0.2, 0.25) is 0 Å². The summed E-state index contributed by atoms with van der Waals surface area (Å²) in [6.45, 7) is 6.55. The van der Waals surface area contributed by atoms with E-state index in [9.17, 15) is 4.79 Å². The van der Waals surface area contributed by atoms with E-state index in [2.05, 4.69) is 0 Å². The standard InChI is InChI=1S/C14H22O3/c1-14(2,3)12(10-16-4)17-13(15)11-8-6-5-7-9-11/h5-6,8,12H,7,9-10H2,1-4H3. The number of esters is 1. The number of carbonyl (C=O) groups excluding carboxylic acids is 1. The van der Waals surface area contributed by atoms with Crippen molar-refractivity contribution in [3.63, 3.8) is 0 Å². The van der Waals surface area contributed by atoms with Crippen molar-refractivity contribution >= 4 is 5.97 Å². The molecule has 0 radical (unpaired) electrons. The van der Waals surface area contributed by atoms with Crippen LogP contribution >= 0.6 is 0 Å². The Labute approximate surface area is 103 Å². The summed E-state index contributed by atoms with van der Waals surface area (Å²) in [5.74, 6) is -0.216. The fraction of sp³-hybridized carbons (Fsp3) is 0.643. The molecular formula is C14H22O3. The van der Waals surface area contributed by atoms with Crippen LogP contribution in [-0.4, -0.2) is 25.8 Å². The molecule has 1 rings (SSSR count). The topological polar surface area (TPSA) is 35.5 Å². The van der Waals surface area contributed by atoms with Gasteiger partial charge in [0.25, 0.3) is 0 Å². The van der Waals surface area contributed by atoms with Crippen molar-refractivity contribution in [3.05, 3.63) is 23.8 Å². The summed E-state index contributed by atoms with van der Waals surface area (Å²) in [7, 11) is 1.62. The molecule has 0 spiro atoms. The molecule has 0 N–H and O–H groups in total. The molecule has 1 unspecified atom stereocenters. The first-order chi connectivity index (χ1) is 7.95. The van der Waals surface area contributed by atoms with E-state index in [1.165, 1.54) is 0 Å². The van der Waals surface area contributed by atoms with E-state index in [0.29, 0.717) is 6.61 Å². The number of rotatable bonds is 4. The van der Waals surface area contributed by atoms with Gasteiger partial charge in [-0.25, -0.2) is 4.79 Å². The van der Waals surface area contributed by atoms with Crippen molar-refractivity contribution in [3.8, 4) is 0 Å². The summed E-state index contributed by atoms with van der Waals surface area (Å²) >= 11 is 0. The molecule has 0 heterocycles. The zero-order valence-corrected chi connectivity index (χ0v) is 11.2. The van der Waals surface area contributed by atoms with Crippen LogP contribution in [0.25, 0.3) is 0 Å². The van der Waals surface area contributed by atoms with Gasteiger partial charge >= 0.3 is 5.97 Å². The maximum atomic E-state index is 12.0.